The molecule has 1 aromatic heterocycles. The van der Waals surface area contributed by atoms with Gasteiger partial charge in [0.05, 0.1) is 6.10 Å². The number of amides is 1. The standard InChI is InChI=1S/C13H15NO5/c1-8-2-3-10(19-8)4-5-12(16)14-7-9(15)6-11(14)13(17)18/h2-5,9,11,15H,6-7H2,1H3,(H,17,18)/b5-4+/t9-,11-/m1/s1. The Labute approximate surface area is 109 Å². The summed E-state index contributed by atoms with van der Waals surface area (Å²) in [6.07, 6.45) is 2.02. The number of aryl methyl sites for hydroxylation is 1. The Morgan fingerprint density at radius 3 is 2.79 bits per heavy atom. The molecule has 0 spiro atoms. The van der Waals surface area contributed by atoms with Crippen LogP contribution in [0.5, 0.6) is 0 Å². The van der Waals surface area contributed by atoms with Gasteiger partial charge in [0.2, 0.25) is 5.91 Å². The largest absolute Gasteiger partial charge is 0.480 e. The summed E-state index contributed by atoms with van der Waals surface area (Å²) < 4.78 is 5.27. The third-order valence-electron chi connectivity index (χ3n) is 3.00. The normalized spacial score (nSPS) is 23.2. The van der Waals surface area contributed by atoms with Gasteiger partial charge in [-0.15, -0.1) is 0 Å². The molecule has 0 radical (unpaired) electrons. The molecule has 1 aliphatic rings. The van der Waals surface area contributed by atoms with E-state index in [-0.39, 0.29) is 13.0 Å². The van der Waals surface area contributed by atoms with Crippen LogP contribution >= 0.6 is 0 Å². The number of carboxylic acid groups (broad SMARTS) is 1. The minimum absolute atomic E-state index is 0.0390. The number of carbonyl (C=O) groups excluding carboxylic acids is 1. The summed E-state index contributed by atoms with van der Waals surface area (Å²) in [7, 11) is 0. The van der Waals surface area contributed by atoms with Crippen LogP contribution in [0.2, 0.25) is 0 Å². The van der Waals surface area contributed by atoms with Gasteiger partial charge in [0.1, 0.15) is 17.6 Å². The second-order valence-electron chi connectivity index (χ2n) is 4.52. The molecule has 6 heteroatoms. The lowest BCUT2D eigenvalue weighted by Gasteiger charge is -2.18. The molecule has 1 fully saturated rings. The number of likely N-dealkylation sites (tertiary alicyclic amines) is 1. The number of hydrogen-bond acceptors (Lipinski definition) is 4. The Bertz CT molecular complexity index is 519. The van der Waals surface area contributed by atoms with Gasteiger partial charge in [0.15, 0.2) is 0 Å². The maximum absolute atomic E-state index is 11.9. The van der Waals surface area contributed by atoms with Gasteiger partial charge in [-0.2, -0.15) is 0 Å². The van der Waals surface area contributed by atoms with E-state index >= 15 is 0 Å². The number of furan rings is 1. The molecule has 0 aliphatic carbocycles. The minimum Gasteiger partial charge on any atom is -0.480 e. The van der Waals surface area contributed by atoms with Crippen molar-refractivity contribution >= 4 is 18.0 Å². The smallest absolute Gasteiger partial charge is 0.326 e. The van der Waals surface area contributed by atoms with E-state index in [1.54, 1.807) is 19.1 Å². The predicted molar refractivity (Wildman–Crippen MR) is 66.2 cm³/mol. The van der Waals surface area contributed by atoms with E-state index in [2.05, 4.69) is 0 Å². The highest BCUT2D eigenvalue weighted by Gasteiger charge is 2.37. The van der Waals surface area contributed by atoms with Crippen molar-refractivity contribution in [3.05, 3.63) is 29.7 Å². The van der Waals surface area contributed by atoms with Gasteiger partial charge < -0.3 is 19.5 Å². The Balaban J connectivity index is 2.06. The molecule has 1 aromatic rings. The van der Waals surface area contributed by atoms with Crippen molar-refractivity contribution in [3.8, 4) is 0 Å². The van der Waals surface area contributed by atoms with Gasteiger partial charge in [-0.3, -0.25) is 4.79 Å². The van der Waals surface area contributed by atoms with Gasteiger partial charge >= 0.3 is 5.97 Å². The number of β-amino-alcohol motifs (C(OH)–C–C–N with tert-alkyl or cyclic N) is 1. The van der Waals surface area contributed by atoms with E-state index < -0.39 is 24.0 Å². The van der Waals surface area contributed by atoms with Crippen LogP contribution in [0.25, 0.3) is 6.08 Å². The number of rotatable bonds is 3. The van der Waals surface area contributed by atoms with Crippen LogP contribution < -0.4 is 0 Å². The third kappa shape index (κ3) is 3.03. The number of aliphatic carboxylic acids is 1. The van der Waals surface area contributed by atoms with Crippen LogP contribution in [0, 0.1) is 6.92 Å². The zero-order valence-electron chi connectivity index (χ0n) is 10.4. The van der Waals surface area contributed by atoms with E-state index in [0.29, 0.717) is 5.76 Å². The average Bonchev–Trinajstić information content (AvgIpc) is 2.92. The highest BCUT2D eigenvalue weighted by atomic mass is 16.4. The van der Waals surface area contributed by atoms with Crippen molar-refractivity contribution in [2.24, 2.45) is 0 Å². The summed E-state index contributed by atoms with van der Waals surface area (Å²) in [6, 6.07) is 2.52. The van der Waals surface area contributed by atoms with Crippen LogP contribution in [0.4, 0.5) is 0 Å². The highest BCUT2D eigenvalue weighted by molar-refractivity contribution is 5.94. The van der Waals surface area contributed by atoms with Crippen molar-refractivity contribution < 1.29 is 24.2 Å². The van der Waals surface area contributed by atoms with Crippen LogP contribution in [0.15, 0.2) is 22.6 Å². The Kier molecular flexibility index (Phi) is 3.71. The third-order valence-corrected chi connectivity index (χ3v) is 3.00. The molecular weight excluding hydrogens is 250 g/mol. The van der Waals surface area contributed by atoms with E-state index in [4.69, 9.17) is 9.52 Å². The minimum atomic E-state index is -1.10. The summed E-state index contributed by atoms with van der Waals surface area (Å²) in [5.74, 6) is -0.297. The highest BCUT2D eigenvalue weighted by Crippen LogP contribution is 2.19. The van der Waals surface area contributed by atoms with E-state index in [9.17, 15) is 14.7 Å². The number of hydrogen-bond donors (Lipinski definition) is 2. The first kappa shape index (κ1) is 13.4. The van der Waals surface area contributed by atoms with Crippen LogP contribution in [-0.4, -0.2) is 45.7 Å². The number of carboxylic acids is 1. The SMILES string of the molecule is Cc1ccc(/C=C/C(=O)N2C[C@H](O)C[C@@H]2C(=O)O)o1. The van der Waals surface area contributed by atoms with E-state index in [1.807, 2.05) is 0 Å². The molecule has 0 unspecified atom stereocenters. The zero-order valence-corrected chi connectivity index (χ0v) is 10.4. The zero-order chi connectivity index (χ0) is 14.0. The molecule has 19 heavy (non-hydrogen) atoms. The molecule has 2 atom stereocenters. The first-order chi connectivity index (χ1) is 8.97. The Hall–Kier alpha value is -2.08. The summed E-state index contributed by atoms with van der Waals surface area (Å²) in [6.45, 7) is 1.83. The molecule has 0 saturated carbocycles. The molecule has 1 saturated heterocycles. The van der Waals surface area contributed by atoms with Crippen LogP contribution in [-0.2, 0) is 9.59 Å². The molecule has 2 N–H and O–H groups in total. The van der Waals surface area contributed by atoms with Crippen LogP contribution in [0.1, 0.15) is 17.9 Å². The van der Waals surface area contributed by atoms with Gasteiger partial charge in [0.25, 0.3) is 0 Å². The molecule has 0 bridgehead atoms. The van der Waals surface area contributed by atoms with Crippen molar-refractivity contribution in [1.82, 2.24) is 4.90 Å². The fourth-order valence-electron chi connectivity index (χ4n) is 2.08. The summed E-state index contributed by atoms with van der Waals surface area (Å²) >= 11 is 0. The first-order valence-electron chi connectivity index (χ1n) is 5.93. The average molecular weight is 265 g/mol. The number of nitrogens with zero attached hydrogens (tertiary/aromatic N) is 1. The predicted octanol–water partition coefficient (Wildman–Crippen LogP) is 0.648. The topological polar surface area (TPSA) is 91.0 Å². The van der Waals surface area contributed by atoms with Gasteiger partial charge in [-0.25, -0.2) is 4.79 Å². The molecule has 102 valence electrons. The number of aliphatic hydroxyl groups is 1. The number of carbonyl (C=O) groups is 2. The second kappa shape index (κ2) is 5.27. The second-order valence-corrected chi connectivity index (χ2v) is 4.52. The van der Waals surface area contributed by atoms with E-state index in [0.717, 1.165) is 10.7 Å². The van der Waals surface area contributed by atoms with Crippen molar-refractivity contribution in [2.75, 3.05) is 6.54 Å². The Morgan fingerprint density at radius 2 is 2.21 bits per heavy atom. The van der Waals surface area contributed by atoms with E-state index in [1.165, 1.54) is 12.2 Å². The van der Waals surface area contributed by atoms with Crippen molar-refractivity contribution in [2.45, 2.75) is 25.5 Å². The summed E-state index contributed by atoms with van der Waals surface area (Å²) in [5, 5.41) is 18.4. The summed E-state index contributed by atoms with van der Waals surface area (Å²) in [5.41, 5.74) is 0. The summed E-state index contributed by atoms with van der Waals surface area (Å²) in [4.78, 5) is 24.1. The monoisotopic (exact) mass is 265 g/mol. The Morgan fingerprint density at radius 1 is 1.47 bits per heavy atom. The molecule has 1 amide bonds. The molecule has 0 aromatic carbocycles. The van der Waals surface area contributed by atoms with Gasteiger partial charge in [-0.05, 0) is 25.1 Å². The molecule has 6 nitrogen and oxygen atoms in total. The quantitative estimate of drug-likeness (QED) is 0.783. The molecule has 1 aliphatic heterocycles. The fraction of sp³-hybridized carbons (Fsp3) is 0.385. The molecular formula is C13H15NO5. The van der Waals surface area contributed by atoms with Gasteiger partial charge in [-0.1, -0.05) is 0 Å². The maximum Gasteiger partial charge on any atom is 0.326 e. The lowest BCUT2D eigenvalue weighted by Crippen LogP contribution is -2.39. The fourth-order valence-corrected chi connectivity index (χ4v) is 2.08. The van der Waals surface area contributed by atoms with Gasteiger partial charge in [0, 0.05) is 19.0 Å². The molecule has 2 rings (SSSR count). The van der Waals surface area contributed by atoms with Crippen molar-refractivity contribution in [1.29, 1.82) is 0 Å². The number of aliphatic hydroxyl groups excluding tert-OH is 1. The molecule has 2 heterocycles. The van der Waals surface area contributed by atoms with Crippen LogP contribution in [0.3, 0.4) is 0 Å². The lowest BCUT2D eigenvalue weighted by molar-refractivity contribution is -0.146. The maximum atomic E-state index is 11.9. The first-order valence-corrected chi connectivity index (χ1v) is 5.93. The lowest BCUT2D eigenvalue weighted by atomic mass is 10.2. The van der Waals surface area contributed by atoms with Crippen molar-refractivity contribution in [3.63, 3.8) is 0 Å².